The molecule has 0 spiro atoms. The largest absolute Gasteiger partial charge is 0.396 e. The summed E-state index contributed by atoms with van der Waals surface area (Å²) in [5, 5.41) is 12.6. The Labute approximate surface area is 116 Å². The van der Waals surface area contributed by atoms with Crippen LogP contribution >= 0.6 is 0 Å². The molecule has 1 fully saturated rings. The number of nitrogens with zero attached hydrogens (tertiary/aromatic N) is 1. The Bertz CT molecular complexity index is 384. The minimum atomic E-state index is 0.349. The molecule has 0 aromatic heterocycles. The van der Waals surface area contributed by atoms with Gasteiger partial charge in [-0.05, 0) is 63.4 Å². The minimum Gasteiger partial charge on any atom is -0.396 e. The van der Waals surface area contributed by atoms with Gasteiger partial charge in [-0.2, -0.15) is 0 Å². The molecule has 3 nitrogen and oxygen atoms in total. The van der Waals surface area contributed by atoms with Crippen molar-refractivity contribution in [3.63, 3.8) is 0 Å². The highest BCUT2D eigenvalue weighted by molar-refractivity contribution is 5.46. The first kappa shape index (κ1) is 14.4. The fourth-order valence-corrected chi connectivity index (χ4v) is 2.68. The van der Waals surface area contributed by atoms with Crippen LogP contribution in [-0.4, -0.2) is 35.7 Å². The number of aliphatic hydroxyl groups excluding tert-OH is 1. The molecule has 0 atom stereocenters. The van der Waals surface area contributed by atoms with Crippen LogP contribution in [0.15, 0.2) is 24.3 Å². The summed E-state index contributed by atoms with van der Waals surface area (Å²) in [6.07, 6.45) is 2.25. The molecule has 0 aliphatic carbocycles. The molecule has 1 aliphatic heterocycles. The molecule has 2 rings (SSSR count). The smallest absolute Gasteiger partial charge is 0.0460 e. The Hall–Kier alpha value is -1.06. The molecular formula is C16H26N2O. The number of piperidine rings is 1. The molecule has 0 amide bonds. The zero-order chi connectivity index (χ0) is 13.7. The third-order valence-electron chi connectivity index (χ3n) is 3.75. The normalized spacial score (nSPS) is 17.9. The fraction of sp³-hybridized carbons (Fsp3) is 0.625. The Kier molecular flexibility index (Phi) is 5.23. The predicted molar refractivity (Wildman–Crippen MR) is 80.3 cm³/mol. The minimum absolute atomic E-state index is 0.349. The first-order chi connectivity index (χ1) is 9.17. The van der Waals surface area contributed by atoms with Crippen molar-refractivity contribution >= 4 is 5.69 Å². The van der Waals surface area contributed by atoms with Gasteiger partial charge in [0.1, 0.15) is 0 Å². The Morgan fingerprint density at radius 1 is 1.32 bits per heavy atom. The van der Waals surface area contributed by atoms with Crippen LogP contribution in [0.1, 0.15) is 32.3 Å². The second-order valence-electron chi connectivity index (χ2n) is 5.90. The number of aliphatic hydroxyl groups is 1. The summed E-state index contributed by atoms with van der Waals surface area (Å²) in [5.41, 5.74) is 2.57. The van der Waals surface area contributed by atoms with Gasteiger partial charge in [0.2, 0.25) is 0 Å². The van der Waals surface area contributed by atoms with Gasteiger partial charge in [-0.25, -0.2) is 0 Å². The number of hydrogen-bond donors (Lipinski definition) is 2. The van der Waals surface area contributed by atoms with Crippen molar-refractivity contribution in [2.75, 3.05) is 25.0 Å². The van der Waals surface area contributed by atoms with E-state index < -0.39 is 0 Å². The van der Waals surface area contributed by atoms with Crippen LogP contribution in [0.5, 0.6) is 0 Å². The maximum absolute atomic E-state index is 9.16. The Balaban J connectivity index is 1.89. The van der Waals surface area contributed by atoms with Crippen molar-refractivity contribution in [1.82, 2.24) is 4.90 Å². The summed E-state index contributed by atoms with van der Waals surface area (Å²) in [6, 6.07) is 9.17. The van der Waals surface area contributed by atoms with Crippen molar-refractivity contribution < 1.29 is 5.11 Å². The van der Waals surface area contributed by atoms with Crippen LogP contribution < -0.4 is 5.32 Å². The number of likely N-dealkylation sites (tertiary alicyclic amines) is 1. The van der Waals surface area contributed by atoms with Crippen LogP contribution in [-0.2, 0) is 6.54 Å². The third-order valence-corrected chi connectivity index (χ3v) is 3.75. The lowest BCUT2D eigenvalue weighted by Gasteiger charge is -2.31. The van der Waals surface area contributed by atoms with Gasteiger partial charge in [0.05, 0.1) is 0 Å². The van der Waals surface area contributed by atoms with Crippen molar-refractivity contribution in [2.24, 2.45) is 5.92 Å². The van der Waals surface area contributed by atoms with E-state index in [1.54, 1.807) is 0 Å². The summed E-state index contributed by atoms with van der Waals surface area (Å²) >= 11 is 0. The molecule has 0 bridgehead atoms. The number of nitrogens with one attached hydrogen (secondary N) is 1. The van der Waals surface area contributed by atoms with Gasteiger partial charge in [-0.1, -0.05) is 12.1 Å². The van der Waals surface area contributed by atoms with Crippen molar-refractivity contribution in [3.8, 4) is 0 Å². The van der Waals surface area contributed by atoms with Crippen molar-refractivity contribution in [1.29, 1.82) is 0 Å². The van der Waals surface area contributed by atoms with Gasteiger partial charge in [0.25, 0.3) is 0 Å². The van der Waals surface area contributed by atoms with Crippen LogP contribution in [0.4, 0.5) is 5.69 Å². The predicted octanol–water partition coefficient (Wildman–Crippen LogP) is 2.71. The maximum Gasteiger partial charge on any atom is 0.0460 e. The zero-order valence-electron chi connectivity index (χ0n) is 12.1. The number of rotatable bonds is 5. The molecule has 1 aliphatic rings. The van der Waals surface area contributed by atoms with Gasteiger partial charge < -0.3 is 10.4 Å². The average molecular weight is 262 g/mol. The maximum atomic E-state index is 9.16. The molecule has 0 radical (unpaired) electrons. The fourth-order valence-electron chi connectivity index (χ4n) is 2.68. The Morgan fingerprint density at radius 2 is 2.05 bits per heavy atom. The van der Waals surface area contributed by atoms with E-state index in [0.29, 0.717) is 18.6 Å². The number of benzene rings is 1. The molecule has 1 heterocycles. The van der Waals surface area contributed by atoms with Crippen LogP contribution in [0.3, 0.4) is 0 Å². The van der Waals surface area contributed by atoms with E-state index in [1.807, 2.05) is 0 Å². The quantitative estimate of drug-likeness (QED) is 0.856. The van der Waals surface area contributed by atoms with Gasteiger partial charge in [0.15, 0.2) is 0 Å². The summed E-state index contributed by atoms with van der Waals surface area (Å²) < 4.78 is 0. The molecule has 19 heavy (non-hydrogen) atoms. The lowest BCUT2D eigenvalue weighted by Crippen LogP contribution is -2.34. The van der Waals surface area contributed by atoms with Gasteiger partial charge in [-0.3, -0.25) is 4.90 Å². The lowest BCUT2D eigenvalue weighted by atomic mass is 9.97. The molecule has 106 valence electrons. The highest BCUT2D eigenvalue weighted by Crippen LogP contribution is 2.19. The highest BCUT2D eigenvalue weighted by Gasteiger charge is 2.18. The monoisotopic (exact) mass is 262 g/mol. The average Bonchev–Trinajstić information content (AvgIpc) is 2.39. The van der Waals surface area contributed by atoms with Gasteiger partial charge >= 0.3 is 0 Å². The molecule has 0 unspecified atom stereocenters. The van der Waals surface area contributed by atoms with E-state index in [-0.39, 0.29) is 0 Å². The first-order valence-electron chi connectivity index (χ1n) is 7.36. The standard InChI is InChI=1S/C16H26N2O/c1-13(2)17-16-5-3-4-15(10-16)11-18-8-6-14(12-19)7-9-18/h3-5,10,13-14,17,19H,6-9,11-12H2,1-2H3. The molecular weight excluding hydrogens is 236 g/mol. The molecule has 1 saturated heterocycles. The van der Waals surface area contributed by atoms with E-state index >= 15 is 0 Å². The Morgan fingerprint density at radius 3 is 2.68 bits per heavy atom. The van der Waals surface area contributed by atoms with Crippen LogP contribution in [0.2, 0.25) is 0 Å². The number of anilines is 1. The molecule has 0 saturated carbocycles. The summed E-state index contributed by atoms with van der Waals surface area (Å²) in [4.78, 5) is 2.49. The van der Waals surface area contributed by atoms with E-state index in [4.69, 9.17) is 5.11 Å². The second-order valence-corrected chi connectivity index (χ2v) is 5.90. The molecule has 2 N–H and O–H groups in total. The summed E-state index contributed by atoms with van der Waals surface area (Å²) in [5.74, 6) is 0.519. The second kappa shape index (κ2) is 6.92. The lowest BCUT2D eigenvalue weighted by molar-refractivity contribution is 0.127. The van der Waals surface area contributed by atoms with E-state index in [9.17, 15) is 0 Å². The molecule has 1 aromatic carbocycles. The first-order valence-corrected chi connectivity index (χ1v) is 7.36. The van der Waals surface area contributed by atoms with Crippen molar-refractivity contribution in [3.05, 3.63) is 29.8 Å². The summed E-state index contributed by atoms with van der Waals surface area (Å²) in [6.45, 7) is 7.90. The molecule has 3 heteroatoms. The summed E-state index contributed by atoms with van der Waals surface area (Å²) in [7, 11) is 0. The number of hydrogen-bond acceptors (Lipinski definition) is 3. The third kappa shape index (κ3) is 4.51. The van der Waals surface area contributed by atoms with Gasteiger partial charge in [0, 0.05) is 24.9 Å². The van der Waals surface area contributed by atoms with Crippen LogP contribution in [0, 0.1) is 5.92 Å². The zero-order valence-corrected chi connectivity index (χ0v) is 12.1. The van der Waals surface area contributed by atoms with E-state index in [0.717, 1.165) is 32.5 Å². The van der Waals surface area contributed by atoms with E-state index in [2.05, 4.69) is 48.3 Å². The SMILES string of the molecule is CC(C)Nc1cccc(CN2CCC(CO)CC2)c1. The van der Waals surface area contributed by atoms with Crippen molar-refractivity contribution in [2.45, 2.75) is 39.3 Å². The van der Waals surface area contributed by atoms with Gasteiger partial charge in [-0.15, -0.1) is 0 Å². The molecule has 1 aromatic rings. The topological polar surface area (TPSA) is 35.5 Å². The van der Waals surface area contributed by atoms with Crippen LogP contribution in [0.25, 0.3) is 0 Å². The highest BCUT2D eigenvalue weighted by atomic mass is 16.3. The van der Waals surface area contributed by atoms with E-state index in [1.165, 1.54) is 11.3 Å².